The van der Waals surface area contributed by atoms with E-state index in [0.29, 0.717) is 17.5 Å². The number of fused-ring (bicyclic) bond motifs is 16. The van der Waals surface area contributed by atoms with Gasteiger partial charge in [0, 0.05) is 49.7 Å². The maximum atomic E-state index is 6.74. The maximum Gasteiger partial charge on any atom is 0.164 e. The number of ether oxygens (including phenoxy) is 1. The van der Waals surface area contributed by atoms with Crippen molar-refractivity contribution < 1.29 is 9.15 Å². The van der Waals surface area contributed by atoms with Gasteiger partial charge in [0.15, 0.2) is 17.5 Å². The van der Waals surface area contributed by atoms with Gasteiger partial charge in [0.05, 0.1) is 21.8 Å². The number of hydrogen-bond donors (Lipinski definition) is 0. The number of rotatable bonds is 5. The molecule has 1 spiro atoms. The van der Waals surface area contributed by atoms with E-state index in [1.807, 2.05) is 36.4 Å². The molecule has 0 fully saturated rings. The van der Waals surface area contributed by atoms with Gasteiger partial charge in [-0.2, -0.15) is 0 Å². The molecular weight excluding hydrogens is 857 g/mol. The first kappa shape index (κ1) is 38.7. The molecule has 1 aliphatic heterocycles. The zero-order valence-corrected chi connectivity index (χ0v) is 37.5. The van der Waals surface area contributed by atoms with Crippen LogP contribution in [0.2, 0.25) is 0 Å². The van der Waals surface area contributed by atoms with Crippen LogP contribution in [0.5, 0.6) is 11.5 Å². The Morgan fingerprint density at radius 3 is 1.69 bits per heavy atom. The summed E-state index contributed by atoms with van der Waals surface area (Å²) in [5.41, 5.74) is 16.0. The Labute approximate surface area is 402 Å². The van der Waals surface area contributed by atoms with Crippen molar-refractivity contribution in [2.45, 2.75) is 5.41 Å². The lowest BCUT2D eigenvalue weighted by Gasteiger charge is -2.39. The summed E-state index contributed by atoms with van der Waals surface area (Å²) in [7, 11) is 0. The van der Waals surface area contributed by atoms with Crippen LogP contribution in [0.15, 0.2) is 235 Å². The highest BCUT2D eigenvalue weighted by atomic mass is 16.5. The van der Waals surface area contributed by atoms with Gasteiger partial charge in [0.25, 0.3) is 0 Å². The molecule has 10 aromatic carbocycles. The Hall–Kier alpha value is -9.39. The average Bonchev–Trinajstić information content (AvgIpc) is 4.08. The summed E-state index contributed by atoms with van der Waals surface area (Å²) in [5.74, 6) is 3.52. The molecule has 15 rings (SSSR count). The molecule has 0 unspecified atom stereocenters. The fourth-order valence-corrected chi connectivity index (χ4v) is 11.6. The van der Waals surface area contributed by atoms with E-state index in [-0.39, 0.29) is 0 Å². The highest BCUT2D eigenvalue weighted by Crippen LogP contribution is 2.63. The first-order chi connectivity index (χ1) is 34.7. The van der Waals surface area contributed by atoms with E-state index in [4.69, 9.17) is 24.1 Å². The second kappa shape index (κ2) is 14.8. The zero-order chi connectivity index (χ0) is 45.9. The smallest absolute Gasteiger partial charge is 0.164 e. The van der Waals surface area contributed by atoms with Gasteiger partial charge < -0.3 is 13.7 Å². The molecule has 0 radical (unpaired) electrons. The van der Waals surface area contributed by atoms with Crippen molar-refractivity contribution >= 4 is 43.7 Å². The van der Waals surface area contributed by atoms with Crippen LogP contribution in [-0.2, 0) is 5.41 Å². The lowest BCUT2D eigenvalue weighted by molar-refractivity contribution is 0.436. The number of benzene rings is 10. The van der Waals surface area contributed by atoms with Gasteiger partial charge in [-0.05, 0) is 94.0 Å². The van der Waals surface area contributed by atoms with Crippen LogP contribution in [0.25, 0.3) is 106 Å². The fraction of sp³-hybridized carbons (Fsp3) is 0.0156. The normalized spacial score (nSPS) is 13.1. The minimum absolute atomic E-state index is 0.607. The Bertz CT molecular complexity index is 4170. The molecule has 6 nitrogen and oxygen atoms in total. The van der Waals surface area contributed by atoms with E-state index >= 15 is 0 Å². The summed E-state index contributed by atoms with van der Waals surface area (Å²) in [6.45, 7) is 0. The molecule has 0 atom stereocenters. The first-order valence-corrected chi connectivity index (χ1v) is 23.7. The summed E-state index contributed by atoms with van der Waals surface area (Å²) in [5, 5.41) is 4.55. The van der Waals surface area contributed by atoms with Crippen molar-refractivity contribution in [1.29, 1.82) is 0 Å². The van der Waals surface area contributed by atoms with Crippen LogP contribution >= 0.6 is 0 Å². The second-order valence-electron chi connectivity index (χ2n) is 18.2. The van der Waals surface area contributed by atoms with Gasteiger partial charge in [-0.25, -0.2) is 15.0 Å². The van der Waals surface area contributed by atoms with E-state index in [1.165, 1.54) is 16.3 Å². The van der Waals surface area contributed by atoms with Crippen LogP contribution in [0.3, 0.4) is 0 Å². The SMILES string of the molecule is c1ccc(-c2nc(-c3ccccc3)nc(-c3cccc4c3-c3cc(-c5ccc6oc7ccc8c9ccccc9n(-c9ccccc9)c8c7c6c5)ccc3C43c4ccccc4Oc4ccccc43)n2)cc1. The molecule has 0 saturated heterocycles. The van der Waals surface area contributed by atoms with Crippen molar-refractivity contribution in [3.05, 3.63) is 253 Å². The largest absolute Gasteiger partial charge is 0.457 e. The number of aromatic nitrogens is 4. The maximum absolute atomic E-state index is 6.74. The van der Waals surface area contributed by atoms with Gasteiger partial charge in [0.2, 0.25) is 0 Å². The lowest BCUT2D eigenvalue weighted by atomic mass is 9.66. The van der Waals surface area contributed by atoms with Crippen LogP contribution < -0.4 is 4.74 Å². The van der Waals surface area contributed by atoms with E-state index in [1.54, 1.807) is 0 Å². The molecule has 0 bridgehead atoms. The minimum atomic E-state index is -0.705. The molecule has 3 aromatic heterocycles. The molecule has 0 N–H and O–H groups in total. The van der Waals surface area contributed by atoms with Gasteiger partial charge in [-0.15, -0.1) is 0 Å². The van der Waals surface area contributed by atoms with Gasteiger partial charge in [-0.1, -0.05) is 170 Å². The molecule has 326 valence electrons. The third-order valence-electron chi connectivity index (χ3n) is 14.5. The van der Waals surface area contributed by atoms with Crippen LogP contribution in [-0.4, -0.2) is 19.5 Å². The number of hydrogen-bond acceptors (Lipinski definition) is 5. The lowest BCUT2D eigenvalue weighted by Crippen LogP contribution is -2.32. The zero-order valence-electron chi connectivity index (χ0n) is 37.5. The number of para-hydroxylation sites is 4. The van der Waals surface area contributed by atoms with E-state index in [9.17, 15) is 0 Å². The molecule has 13 aromatic rings. The third-order valence-corrected chi connectivity index (χ3v) is 14.5. The highest BCUT2D eigenvalue weighted by Gasteiger charge is 2.52. The molecule has 1 aliphatic carbocycles. The van der Waals surface area contributed by atoms with Gasteiger partial charge >= 0.3 is 0 Å². The van der Waals surface area contributed by atoms with Gasteiger partial charge in [0.1, 0.15) is 22.7 Å². The Morgan fingerprint density at radius 1 is 0.371 bits per heavy atom. The predicted molar refractivity (Wildman–Crippen MR) is 281 cm³/mol. The van der Waals surface area contributed by atoms with Crippen LogP contribution in [0.4, 0.5) is 0 Å². The van der Waals surface area contributed by atoms with Crippen LogP contribution in [0, 0.1) is 0 Å². The number of furan rings is 1. The summed E-state index contributed by atoms with van der Waals surface area (Å²) >= 11 is 0. The minimum Gasteiger partial charge on any atom is -0.457 e. The summed E-state index contributed by atoms with van der Waals surface area (Å²) in [6, 6.07) is 81.3. The molecule has 0 amide bonds. The first-order valence-electron chi connectivity index (χ1n) is 23.7. The molecular formula is C64H38N4O2. The highest BCUT2D eigenvalue weighted by molar-refractivity contribution is 6.25. The molecule has 6 heteroatoms. The Balaban J connectivity index is 1.01. The summed E-state index contributed by atoms with van der Waals surface area (Å²) in [6.07, 6.45) is 0. The van der Waals surface area contributed by atoms with Crippen molar-refractivity contribution in [3.8, 4) is 73.6 Å². The topological polar surface area (TPSA) is 66.0 Å². The standard InChI is InChI=1S/C64H38N4O2/c1-4-17-39(18-5-1)61-65-62(40-19-6-2-7-20-40)67-63(66-61)46-24-16-27-52-58(46)47-37-41(31-34-49(47)64(52)50-25-11-14-29-55(50)70-56-30-15-12-26-51(56)64)42-32-35-54-48(38-42)59-57(69-54)36-33-45-44-23-10-13-28-53(44)68(60(45)59)43-21-8-3-9-22-43/h1-38H. The predicted octanol–water partition coefficient (Wildman–Crippen LogP) is 16.0. The van der Waals surface area contributed by atoms with Crippen molar-refractivity contribution in [2.24, 2.45) is 0 Å². The Kier molecular flexibility index (Phi) is 8.18. The molecule has 2 aliphatic rings. The fourth-order valence-electron chi connectivity index (χ4n) is 11.6. The number of nitrogens with zero attached hydrogens (tertiary/aromatic N) is 4. The van der Waals surface area contributed by atoms with Crippen LogP contribution in [0.1, 0.15) is 22.3 Å². The summed E-state index contributed by atoms with van der Waals surface area (Å²) in [4.78, 5) is 15.7. The van der Waals surface area contributed by atoms with E-state index in [0.717, 1.165) is 106 Å². The third kappa shape index (κ3) is 5.47. The van der Waals surface area contributed by atoms with Gasteiger partial charge in [-0.3, -0.25) is 0 Å². The van der Waals surface area contributed by atoms with Crippen molar-refractivity contribution in [1.82, 2.24) is 19.5 Å². The van der Waals surface area contributed by atoms with E-state index < -0.39 is 5.41 Å². The Morgan fingerprint density at radius 2 is 0.957 bits per heavy atom. The molecule has 0 saturated carbocycles. The second-order valence-corrected chi connectivity index (χ2v) is 18.2. The molecule has 70 heavy (non-hydrogen) atoms. The van der Waals surface area contributed by atoms with Crippen molar-refractivity contribution in [3.63, 3.8) is 0 Å². The van der Waals surface area contributed by atoms with Crippen molar-refractivity contribution in [2.75, 3.05) is 0 Å². The quantitative estimate of drug-likeness (QED) is 0.172. The van der Waals surface area contributed by atoms with E-state index in [2.05, 4.69) is 199 Å². The average molecular weight is 895 g/mol. The molecule has 4 heterocycles. The summed E-state index contributed by atoms with van der Waals surface area (Å²) < 4.78 is 15.8. The monoisotopic (exact) mass is 894 g/mol.